The van der Waals surface area contributed by atoms with Gasteiger partial charge in [-0.15, -0.1) is 0 Å². The van der Waals surface area contributed by atoms with Crippen LogP contribution in [-0.2, 0) is 0 Å². The lowest BCUT2D eigenvalue weighted by atomic mass is 9.90. The molecule has 2 rings (SSSR count). The maximum absolute atomic E-state index is 13.6. The Kier molecular flexibility index (Phi) is 3.22. The van der Waals surface area contributed by atoms with Gasteiger partial charge >= 0.3 is 0 Å². The van der Waals surface area contributed by atoms with Crippen molar-refractivity contribution in [2.24, 2.45) is 5.73 Å². The Balaban J connectivity index is 2.36. The highest BCUT2D eigenvalue weighted by molar-refractivity contribution is 8.00. The maximum Gasteiger partial charge on any atom is 0.130 e. The van der Waals surface area contributed by atoms with E-state index in [9.17, 15) is 8.78 Å². The molecule has 0 amide bonds. The quantitative estimate of drug-likeness (QED) is 0.863. The van der Waals surface area contributed by atoms with Crippen molar-refractivity contribution < 1.29 is 8.78 Å². The third kappa shape index (κ3) is 1.96. The molecule has 1 saturated heterocycles. The molecule has 1 aliphatic rings. The molecule has 0 aliphatic carbocycles. The minimum absolute atomic E-state index is 0.0272. The van der Waals surface area contributed by atoms with E-state index in [2.05, 4.69) is 0 Å². The molecule has 2 unspecified atom stereocenters. The third-order valence-electron chi connectivity index (χ3n) is 3.22. The van der Waals surface area contributed by atoms with E-state index < -0.39 is 17.7 Å². The zero-order valence-electron chi connectivity index (χ0n) is 9.17. The summed E-state index contributed by atoms with van der Waals surface area (Å²) in [7, 11) is 0. The Morgan fingerprint density at radius 2 is 2.00 bits per heavy atom. The van der Waals surface area contributed by atoms with Gasteiger partial charge in [-0.2, -0.15) is 11.8 Å². The van der Waals surface area contributed by atoms with Gasteiger partial charge in [0.1, 0.15) is 11.6 Å². The molecule has 4 heteroatoms. The van der Waals surface area contributed by atoms with Crippen LogP contribution < -0.4 is 5.73 Å². The first-order chi connectivity index (χ1) is 7.54. The van der Waals surface area contributed by atoms with Crippen LogP contribution in [0.25, 0.3) is 0 Å². The molecule has 1 heterocycles. The molecule has 2 atom stereocenters. The number of halogens is 2. The fourth-order valence-electron chi connectivity index (χ4n) is 2.16. The lowest BCUT2D eigenvalue weighted by Crippen LogP contribution is -2.34. The van der Waals surface area contributed by atoms with Gasteiger partial charge in [0.2, 0.25) is 0 Å². The topological polar surface area (TPSA) is 26.0 Å². The summed E-state index contributed by atoms with van der Waals surface area (Å²) in [4.78, 5) is 0. The molecule has 0 radical (unpaired) electrons. The largest absolute Gasteiger partial charge is 0.323 e. The van der Waals surface area contributed by atoms with Crippen molar-refractivity contribution in [3.63, 3.8) is 0 Å². The highest BCUT2D eigenvalue weighted by Crippen LogP contribution is 2.46. The van der Waals surface area contributed by atoms with Gasteiger partial charge in [0.15, 0.2) is 0 Å². The highest BCUT2D eigenvalue weighted by Gasteiger charge is 2.38. The van der Waals surface area contributed by atoms with Crippen LogP contribution in [0.2, 0.25) is 0 Å². The molecule has 0 saturated carbocycles. The Labute approximate surface area is 98.4 Å². The second-order valence-electron chi connectivity index (χ2n) is 4.38. The summed E-state index contributed by atoms with van der Waals surface area (Å²) in [6, 6.07) is 3.31. The number of thioether (sulfide) groups is 1. The van der Waals surface area contributed by atoms with Gasteiger partial charge in [0.05, 0.1) is 0 Å². The predicted octanol–water partition coefficient (Wildman–Crippen LogP) is 3.25. The van der Waals surface area contributed by atoms with Gasteiger partial charge in [-0.05, 0) is 37.7 Å². The molecule has 2 N–H and O–H groups in total. The van der Waals surface area contributed by atoms with E-state index in [0.717, 1.165) is 18.6 Å². The zero-order chi connectivity index (χ0) is 11.8. The van der Waals surface area contributed by atoms with E-state index >= 15 is 0 Å². The number of hydrogen-bond acceptors (Lipinski definition) is 2. The van der Waals surface area contributed by atoms with Crippen LogP contribution in [0.5, 0.6) is 0 Å². The Morgan fingerprint density at radius 3 is 2.50 bits per heavy atom. The van der Waals surface area contributed by atoms with Crippen LogP contribution in [0.1, 0.15) is 31.4 Å². The molecule has 1 aromatic carbocycles. The van der Waals surface area contributed by atoms with Crippen molar-refractivity contribution in [3.8, 4) is 0 Å². The van der Waals surface area contributed by atoms with Crippen LogP contribution in [0.4, 0.5) is 8.78 Å². The second kappa shape index (κ2) is 4.34. The van der Waals surface area contributed by atoms with E-state index in [1.54, 1.807) is 11.8 Å². The average Bonchev–Trinajstić information content (AvgIpc) is 2.66. The molecule has 1 aliphatic heterocycles. The molecule has 1 nitrogen and oxygen atoms in total. The molecular formula is C12H15F2NS. The maximum atomic E-state index is 13.6. The van der Waals surface area contributed by atoms with Gasteiger partial charge < -0.3 is 5.73 Å². The summed E-state index contributed by atoms with van der Waals surface area (Å²) in [5.74, 6) is -0.0669. The first kappa shape index (κ1) is 11.9. The van der Waals surface area contributed by atoms with Crippen molar-refractivity contribution in [2.75, 3.05) is 5.75 Å². The van der Waals surface area contributed by atoms with Gasteiger partial charge in [0.25, 0.3) is 0 Å². The summed E-state index contributed by atoms with van der Waals surface area (Å²) >= 11 is 1.71. The normalized spacial score (nSPS) is 27.0. The van der Waals surface area contributed by atoms with Crippen LogP contribution in [-0.4, -0.2) is 10.5 Å². The minimum Gasteiger partial charge on any atom is -0.323 e. The SMILES string of the molecule is CC1(C(N)c2c(F)cccc2F)CCCS1. The standard InChI is InChI=1S/C12H15F2NS/c1-12(6-3-7-16-12)11(15)10-8(13)4-2-5-9(10)14/h2,4-5,11H,3,6-7,15H2,1H3. The van der Waals surface area contributed by atoms with Gasteiger partial charge in [-0.3, -0.25) is 0 Å². The van der Waals surface area contributed by atoms with E-state index in [1.165, 1.54) is 18.2 Å². The van der Waals surface area contributed by atoms with Crippen LogP contribution in [0, 0.1) is 11.6 Å². The minimum atomic E-state index is -0.582. The van der Waals surface area contributed by atoms with Crippen LogP contribution in [0.15, 0.2) is 18.2 Å². The first-order valence-electron chi connectivity index (χ1n) is 5.38. The van der Waals surface area contributed by atoms with Crippen molar-refractivity contribution in [1.29, 1.82) is 0 Å². The number of hydrogen-bond donors (Lipinski definition) is 1. The predicted molar refractivity (Wildman–Crippen MR) is 63.4 cm³/mol. The Morgan fingerprint density at radius 1 is 1.38 bits per heavy atom. The molecule has 0 spiro atoms. The van der Waals surface area contributed by atoms with Gasteiger partial charge in [0, 0.05) is 16.4 Å². The average molecular weight is 243 g/mol. The van der Waals surface area contributed by atoms with Crippen molar-refractivity contribution in [1.82, 2.24) is 0 Å². The zero-order valence-corrected chi connectivity index (χ0v) is 9.99. The highest BCUT2D eigenvalue weighted by atomic mass is 32.2. The van der Waals surface area contributed by atoms with Crippen LogP contribution in [0.3, 0.4) is 0 Å². The second-order valence-corrected chi connectivity index (χ2v) is 6.01. The van der Waals surface area contributed by atoms with E-state index in [-0.39, 0.29) is 10.3 Å². The Hall–Kier alpha value is -0.610. The van der Waals surface area contributed by atoms with E-state index in [0.29, 0.717) is 0 Å². The lowest BCUT2D eigenvalue weighted by Gasteiger charge is -2.30. The van der Waals surface area contributed by atoms with E-state index in [1.807, 2.05) is 6.92 Å². The summed E-state index contributed by atoms with van der Waals surface area (Å²) in [6.45, 7) is 1.99. The molecule has 1 fully saturated rings. The molecular weight excluding hydrogens is 228 g/mol. The van der Waals surface area contributed by atoms with Crippen LogP contribution >= 0.6 is 11.8 Å². The van der Waals surface area contributed by atoms with Crippen molar-refractivity contribution >= 4 is 11.8 Å². The van der Waals surface area contributed by atoms with Gasteiger partial charge in [-0.25, -0.2) is 8.78 Å². The molecule has 16 heavy (non-hydrogen) atoms. The molecule has 88 valence electrons. The van der Waals surface area contributed by atoms with Crippen molar-refractivity contribution in [2.45, 2.75) is 30.6 Å². The summed E-state index contributed by atoms with van der Waals surface area (Å²) < 4.78 is 26.9. The molecule has 0 aromatic heterocycles. The number of benzene rings is 1. The monoisotopic (exact) mass is 243 g/mol. The first-order valence-corrected chi connectivity index (χ1v) is 6.36. The fourth-order valence-corrected chi connectivity index (χ4v) is 3.50. The Bertz CT molecular complexity index is 368. The molecule has 1 aromatic rings. The van der Waals surface area contributed by atoms with Crippen molar-refractivity contribution in [3.05, 3.63) is 35.4 Å². The molecule has 0 bridgehead atoms. The fraction of sp³-hybridized carbons (Fsp3) is 0.500. The summed E-state index contributed by atoms with van der Waals surface area (Å²) in [6.07, 6.45) is 1.97. The van der Waals surface area contributed by atoms with Gasteiger partial charge in [-0.1, -0.05) is 6.07 Å². The summed E-state index contributed by atoms with van der Waals surface area (Å²) in [5.41, 5.74) is 6.06. The third-order valence-corrected chi connectivity index (χ3v) is 4.83. The lowest BCUT2D eigenvalue weighted by molar-refractivity contribution is 0.452. The number of nitrogens with two attached hydrogens (primary N) is 1. The van der Waals surface area contributed by atoms with E-state index in [4.69, 9.17) is 5.73 Å². The summed E-state index contributed by atoms with van der Waals surface area (Å²) in [5, 5.41) is 0. The smallest absolute Gasteiger partial charge is 0.130 e. The number of rotatable bonds is 2.